The van der Waals surface area contributed by atoms with Crippen LogP contribution in [0.25, 0.3) is 5.69 Å². The van der Waals surface area contributed by atoms with Crippen molar-refractivity contribution < 1.29 is 14.3 Å². The van der Waals surface area contributed by atoms with Gasteiger partial charge in [0.1, 0.15) is 11.6 Å². The molecule has 3 aromatic rings. The summed E-state index contributed by atoms with van der Waals surface area (Å²) < 4.78 is 7.06. The van der Waals surface area contributed by atoms with Gasteiger partial charge < -0.3 is 15.8 Å². The summed E-state index contributed by atoms with van der Waals surface area (Å²) in [6.45, 7) is 1.75. The molecular formula is C21H19ClN4O3S. The fourth-order valence-corrected chi connectivity index (χ4v) is 4.71. The Morgan fingerprint density at radius 3 is 2.80 bits per heavy atom. The van der Waals surface area contributed by atoms with Crippen molar-refractivity contribution in [3.8, 4) is 11.4 Å². The van der Waals surface area contributed by atoms with Gasteiger partial charge >= 0.3 is 0 Å². The van der Waals surface area contributed by atoms with Gasteiger partial charge in [0.05, 0.1) is 22.4 Å². The molecule has 4 rings (SSSR count). The smallest absolute Gasteiger partial charge is 0.255 e. The van der Waals surface area contributed by atoms with Gasteiger partial charge in [0, 0.05) is 10.6 Å². The molecule has 0 saturated carbocycles. The number of anilines is 1. The van der Waals surface area contributed by atoms with E-state index < -0.39 is 5.91 Å². The Morgan fingerprint density at radius 2 is 2.10 bits per heavy atom. The summed E-state index contributed by atoms with van der Waals surface area (Å²) >= 11 is 7.69. The van der Waals surface area contributed by atoms with E-state index in [-0.39, 0.29) is 17.8 Å². The maximum absolute atomic E-state index is 12.4. The highest BCUT2D eigenvalue weighted by Gasteiger charge is 2.30. The van der Waals surface area contributed by atoms with E-state index in [2.05, 4.69) is 10.4 Å². The van der Waals surface area contributed by atoms with Gasteiger partial charge in [-0.2, -0.15) is 5.10 Å². The van der Waals surface area contributed by atoms with Crippen molar-refractivity contribution in [1.29, 1.82) is 0 Å². The summed E-state index contributed by atoms with van der Waals surface area (Å²) in [7, 11) is 0. The van der Waals surface area contributed by atoms with E-state index in [0.29, 0.717) is 22.3 Å². The molecule has 0 fully saturated rings. The zero-order chi connectivity index (χ0) is 21.3. The van der Waals surface area contributed by atoms with Crippen LogP contribution in [-0.2, 0) is 9.59 Å². The molecule has 1 aliphatic rings. The molecular weight excluding hydrogens is 424 g/mol. The Balaban J connectivity index is 1.74. The number of fused-ring (bicyclic) bond motifs is 1. The minimum absolute atomic E-state index is 0.0895. The normalized spacial score (nSPS) is 15.8. The first-order valence-electron chi connectivity index (χ1n) is 9.20. The molecule has 0 radical (unpaired) electrons. The molecule has 1 aromatic heterocycles. The lowest BCUT2D eigenvalue weighted by Crippen LogP contribution is -2.19. The summed E-state index contributed by atoms with van der Waals surface area (Å²) in [6, 6.07) is 14.7. The number of benzene rings is 2. The number of nitrogens with zero attached hydrogens (tertiary/aromatic N) is 2. The number of thioether (sulfide) groups is 1. The number of halogens is 1. The molecule has 3 N–H and O–H groups in total. The standard InChI is InChI=1S/C21H19ClN4O3S/c1-12-19-20(13-5-7-16(8-6-13)29-10-17(23)27)30-11-18(28)24-21(19)26(25-12)15-4-2-3-14(22)9-15/h2-9,20H,10-11H2,1H3,(H2,23,27)(H,24,28)/t20-/m0/s1. The average molecular weight is 443 g/mol. The molecule has 2 aromatic carbocycles. The fourth-order valence-electron chi connectivity index (χ4n) is 3.33. The minimum atomic E-state index is -0.531. The summed E-state index contributed by atoms with van der Waals surface area (Å²) in [4.78, 5) is 23.3. The zero-order valence-corrected chi connectivity index (χ0v) is 17.7. The van der Waals surface area contributed by atoms with Crippen LogP contribution in [0, 0.1) is 6.92 Å². The number of carbonyl (C=O) groups excluding carboxylic acids is 2. The van der Waals surface area contributed by atoms with Crippen molar-refractivity contribution in [1.82, 2.24) is 9.78 Å². The maximum Gasteiger partial charge on any atom is 0.255 e. The van der Waals surface area contributed by atoms with Crippen molar-refractivity contribution in [2.45, 2.75) is 12.2 Å². The number of hydrogen-bond donors (Lipinski definition) is 2. The number of hydrogen-bond acceptors (Lipinski definition) is 5. The zero-order valence-electron chi connectivity index (χ0n) is 16.1. The highest BCUT2D eigenvalue weighted by molar-refractivity contribution is 8.00. The second-order valence-corrected chi connectivity index (χ2v) is 8.33. The number of nitrogens with two attached hydrogens (primary N) is 1. The van der Waals surface area contributed by atoms with Crippen LogP contribution in [0.1, 0.15) is 22.1 Å². The van der Waals surface area contributed by atoms with Crippen LogP contribution in [0.2, 0.25) is 5.02 Å². The molecule has 1 atom stereocenters. The lowest BCUT2D eigenvalue weighted by Gasteiger charge is -2.16. The highest BCUT2D eigenvalue weighted by atomic mass is 35.5. The molecule has 0 aliphatic carbocycles. The third-order valence-corrected chi connectivity index (χ3v) is 6.13. The number of primary amides is 1. The molecule has 154 valence electrons. The summed E-state index contributed by atoms with van der Waals surface area (Å²) in [5.74, 6) is 0.889. The summed E-state index contributed by atoms with van der Waals surface area (Å²) in [6.07, 6.45) is 0. The number of nitrogens with one attached hydrogen (secondary N) is 1. The second-order valence-electron chi connectivity index (χ2n) is 6.80. The van der Waals surface area contributed by atoms with Crippen LogP contribution in [0.15, 0.2) is 48.5 Å². The quantitative estimate of drug-likeness (QED) is 0.630. The maximum atomic E-state index is 12.4. The summed E-state index contributed by atoms with van der Waals surface area (Å²) in [5.41, 5.74) is 8.65. The predicted octanol–water partition coefficient (Wildman–Crippen LogP) is 3.47. The van der Waals surface area contributed by atoms with E-state index in [9.17, 15) is 9.59 Å². The van der Waals surface area contributed by atoms with Gasteiger partial charge in [-0.3, -0.25) is 9.59 Å². The van der Waals surface area contributed by atoms with Crippen molar-refractivity contribution in [2.24, 2.45) is 5.73 Å². The first-order chi connectivity index (χ1) is 14.4. The molecule has 7 nitrogen and oxygen atoms in total. The van der Waals surface area contributed by atoms with Crippen LogP contribution in [0.5, 0.6) is 5.75 Å². The molecule has 2 amide bonds. The third kappa shape index (κ3) is 4.15. The van der Waals surface area contributed by atoms with Gasteiger partial charge in [0.25, 0.3) is 5.91 Å². The highest BCUT2D eigenvalue weighted by Crippen LogP contribution is 2.44. The molecule has 30 heavy (non-hydrogen) atoms. The molecule has 0 saturated heterocycles. The van der Waals surface area contributed by atoms with Gasteiger partial charge in [-0.05, 0) is 42.8 Å². The second kappa shape index (κ2) is 8.41. The minimum Gasteiger partial charge on any atom is -0.484 e. The topological polar surface area (TPSA) is 99.2 Å². The lowest BCUT2D eigenvalue weighted by atomic mass is 10.0. The van der Waals surface area contributed by atoms with E-state index in [4.69, 9.17) is 22.1 Å². The van der Waals surface area contributed by atoms with Gasteiger partial charge in [0.15, 0.2) is 6.61 Å². The van der Waals surface area contributed by atoms with E-state index in [1.807, 2.05) is 31.2 Å². The Labute approximate surface area is 182 Å². The number of rotatable bonds is 5. The first-order valence-corrected chi connectivity index (χ1v) is 10.6. The van der Waals surface area contributed by atoms with Crippen LogP contribution in [0.4, 0.5) is 5.82 Å². The first kappa shape index (κ1) is 20.3. The Kier molecular flexibility index (Phi) is 5.69. The van der Waals surface area contributed by atoms with Crippen molar-refractivity contribution in [3.63, 3.8) is 0 Å². The van der Waals surface area contributed by atoms with Crippen molar-refractivity contribution in [3.05, 3.63) is 70.4 Å². The molecule has 2 heterocycles. The van der Waals surface area contributed by atoms with Crippen molar-refractivity contribution in [2.75, 3.05) is 17.7 Å². The number of ether oxygens (including phenoxy) is 1. The molecule has 1 aliphatic heterocycles. The van der Waals surface area contributed by atoms with Crippen LogP contribution >= 0.6 is 23.4 Å². The van der Waals surface area contributed by atoms with E-state index >= 15 is 0 Å². The molecule has 0 unspecified atom stereocenters. The van der Waals surface area contributed by atoms with Crippen LogP contribution in [-0.4, -0.2) is 34.0 Å². The van der Waals surface area contributed by atoms with E-state index in [1.165, 1.54) is 11.8 Å². The SMILES string of the molecule is Cc1nn(-c2cccc(Cl)c2)c2c1[C@H](c1ccc(OCC(N)=O)cc1)SCC(=O)N2. The van der Waals surface area contributed by atoms with Gasteiger partial charge in [-0.25, -0.2) is 4.68 Å². The number of amides is 2. The molecule has 0 bridgehead atoms. The monoisotopic (exact) mass is 442 g/mol. The van der Waals surface area contributed by atoms with Gasteiger partial charge in [-0.1, -0.05) is 29.8 Å². The third-order valence-electron chi connectivity index (χ3n) is 4.62. The lowest BCUT2D eigenvalue weighted by molar-refractivity contribution is -0.120. The number of aryl methyl sites for hydroxylation is 1. The van der Waals surface area contributed by atoms with Crippen LogP contribution in [0.3, 0.4) is 0 Å². The molecule has 0 spiro atoms. The van der Waals surface area contributed by atoms with E-state index in [1.54, 1.807) is 28.9 Å². The predicted molar refractivity (Wildman–Crippen MR) is 117 cm³/mol. The van der Waals surface area contributed by atoms with Crippen LogP contribution < -0.4 is 15.8 Å². The fraction of sp³-hybridized carbons (Fsp3) is 0.190. The summed E-state index contributed by atoms with van der Waals surface area (Å²) in [5, 5.41) is 8.16. The number of aromatic nitrogens is 2. The van der Waals surface area contributed by atoms with Gasteiger partial charge in [0.2, 0.25) is 5.91 Å². The Bertz CT molecular complexity index is 1110. The average Bonchev–Trinajstić information content (AvgIpc) is 2.92. The Morgan fingerprint density at radius 1 is 1.33 bits per heavy atom. The largest absolute Gasteiger partial charge is 0.484 e. The van der Waals surface area contributed by atoms with Gasteiger partial charge in [-0.15, -0.1) is 11.8 Å². The number of carbonyl (C=O) groups is 2. The van der Waals surface area contributed by atoms with E-state index in [0.717, 1.165) is 22.5 Å². The Hall–Kier alpha value is -2.97. The van der Waals surface area contributed by atoms with Crippen molar-refractivity contribution >= 4 is 41.0 Å². The molecule has 9 heteroatoms.